The summed E-state index contributed by atoms with van der Waals surface area (Å²) in [5.74, 6) is 0. The van der Waals surface area contributed by atoms with Crippen LogP contribution in [-0.2, 0) is 4.79 Å². The van der Waals surface area contributed by atoms with Crippen molar-refractivity contribution < 1.29 is 4.79 Å². The summed E-state index contributed by atoms with van der Waals surface area (Å²) < 4.78 is 0.462. The van der Waals surface area contributed by atoms with Crippen LogP contribution >= 0.6 is 28.6 Å². The number of carbonyl (C=O) groups is 1. The fraction of sp³-hybridized carbons (Fsp3) is 0.333. The van der Waals surface area contributed by atoms with E-state index in [1.54, 1.807) is 0 Å². The minimum absolute atomic E-state index is 0.323. The molecule has 0 aromatic rings. The van der Waals surface area contributed by atoms with Gasteiger partial charge in [-0.2, -0.15) is 0 Å². The Morgan fingerprint density at radius 2 is 2.10 bits per heavy atom. The Kier molecular flexibility index (Phi) is 4.64. The van der Waals surface area contributed by atoms with Crippen molar-refractivity contribution in [1.29, 1.82) is 0 Å². The smallest absolute Gasteiger partial charge is 0.170 e. The van der Waals surface area contributed by atoms with E-state index in [-0.39, 0.29) is 0 Å². The van der Waals surface area contributed by atoms with Crippen molar-refractivity contribution in [2.24, 2.45) is 4.99 Å². The van der Waals surface area contributed by atoms with Crippen molar-refractivity contribution in [2.75, 3.05) is 0 Å². The molecule has 0 aliphatic rings. The lowest BCUT2D eigenvalue weighted by Crippen LogP contribution is -1.86. The van der Waals surface area contributed by atoms with Crippen LogP contribution in [0.3, 0.4) is 0 Å². The summed E-state index contributed by atoms with van der Waals surface area (Å²) in [6, 6.07) is 0. The van der Waals surface area contributed by atoms with Gasteiger partial charge in [-0.05, 0) is 29.8 Å². The lowest BCUT2D eigenvalue weighted by Gasteiger charge is -1.91. The first-order valence-electron chi connectivity index (χ1n) is 2.63. The van der Waals surface area contributed by atoms with Gasteiger partial charge in [0.25, 0.3) is 0 Å². The molecule has 0 atom stereocenters. The van der Waals surface area contributed by atoms with Crippen molar-refractivity contribution in [3.63, 3.8) is 0 Å². The molecular formula is C6H8BrNOS. The number of thiol groups is 1. The van der Waals surface area contributed by atoms with Crippen molar-refractivity contribution in [2.45, 2.75) is 13.8 Å². The number of hydrogen-bond donors (Lipinski definition) is 1. The zero-order chi connectivity index (χ0) is 8.15. The van der Waals surface area contributed by atoms with E-state index in [1.165, 1.54) is 0 Å². The van der Waals surface area contributed by atoms with Gasteiger partial charge in [-0.1, -0.05) is 0 Å². The third-order valence-electron chi connectivity index (χ3n) is 0.667. The summed E-state index contributed by atoms with van der Waals surface area (Å²) in [7, 11) is 0. The first-order valence-corrected chi connectivity index (χ1v) is 3.87. The van der Waals surface area contributed by atoms with E-state index in [0.717, 1.165) is 5.71 Å². The third kappa shape index (κ3) is 3.85. The van der Waals surface area contributed by atoms with Gasteiger partial charge in [0.15, 0.2) is 6.29 Å². The molecule has 10 heavy (non-hydrogen) atoms. The summed E-state index contributed by atoms with van der Waals surface area (Å²) in [6.45, 7) is 3.63. The maximum absolute atomic E-state index is 10.2. The Balaban J connectivity index is 4.56. The van der Waals surface area contributed by atoms with E-state index in [1.807, 2.05) is 13.8 Å². The summed E-state index contributed by atoms with van der Waals surface area (Å²) in [5, 5.41) is 0. The first-order chi connectivity index (χ1) is 4.57. The fourth-order valence-corrected chi connectivity index (χ4v) is 0.647. The summed E-state index contributed by atoms with van der Waals surface area (Å²) in [4.78, 5) is 14.1. The average Bonchev–Trinajstić information content (AvgIpc) is 1.81. The maximum atomic E-state index is 10.2. The van der Waals surface area contributed by atoms with Crippen molar-refractivity contribution in [3.8, 4) is 0 Å². The first kappa shape index (κ1) is 9.91. The normalized spacial score (nSPS) is 12.0. The van der Waals surface area contributed by atoms with E-state index in [9.17, 15) is 4.79 Å². The molecular weight excluding hydrogens is 214 g/mol. The second kappa shape index (κ2) is 4.68. The fourth-order valence-electron chi connectivity index (χ4n) is 0.362. The number of halogens is 1. The molecule has 0 N–H and O–H groups in total. The molecule has 0 aromatic carbocycles. The molecule has 0 bridgehead atoms. The molecule has 0 aromatic heterocycles. The Morgan fingerprint density at radius 3 is 2.20 bits per heavy atom. The monoisotopic (exact) mass is 221 g/mol. The van der Waals surface area contributed by atoms with Gasteiger partial charge >= 0.3 is 0 Å². The van der Waals surface area contributed by atoms with Crippen molar-refractivity contribution >= 4 is 40.6 Å². The van der Waals surface area contributed by atoms with Crippen molar-refractivity contribution in [1.82, 2.24) is 0 Å². The molecule has 0 heterocycles. The Bertz CT molecular complexity index is 190. The van der Waals surface area contributed by atoms with Gasteiger partial charge in [-0.15, -0.1) is 12.6 Å². The van der Waals surface area contributed by atoms with E-state index < -0.39 is 0 Å². The van der Waals surface area contributed by atoms with Crippen molar-refractivity contribution in [3.05, 3.63) is 9.51 Å². The third-order valence-corrected chi connectivity index (χ3v) is 1.30. The quantitative estimate of drug-likeness (QED) is 0.330. The van der Waals surface area contributed by atoms with E-state index in [0.29, 0.717) is 15.8 Å². The zero-order valence-corrected chi connectivity index (χ0v) is 8.24. The molecule has 4 heteroatoms. The van der Waals surface area contributed by atoms with Gasteiger partial charge in [0.1, 0.15) is 5.70 Å². The summed E-state index contributed by atoms with van der Waals surface area (Å²) in [5.41, 5.74) is 1.15. The van der Waals surface area contributed by atoms with Crippen LogP contribution in [0.2, 0.25) is 0 Å². The SMILES string of the molecule is CC(C)=N/C(C=O)=C(\S)Br. The molecule has 0 amide bonds. The van der Waals surface area contributed by atoms with Gasteiger partial charge in [-0.25, -0.2) is 0 Å². The van der Waals surface area contributed by atoms with Gasteiger partial charge in [0.2, 0.25) is 0 Å². The Labute approximate surface area is 74.0 Å². The molecule has 0 spiro atoms. The van der Waals surface area contributed by atoms with Crippen LogP contribution in [0.15, 0.2) is 14.5 Å². The Morgan fingerprint density at radius 1 is 1.60 bits per heavy atom. The zero-order valence-electron chi connectivity index (χ0n) is 5.76. The molecule has 0 fully saturated rings. The minimum Gasteiger partial charge on any atom is -0.296 e. The van der Waals surface area contributed by atoms with Gasteiger partial charge in [-0.3, -0.25) is 9.79 Å². The molecule has 2 nitrogen and oxygen atoms in total. The number of aldehydes is 1. The average molecular weight is 222 g/mol. The highest BCUT2D eigenvalue weighted by atomic mass is 79.9. The highest BCUT2D eigenvalue weighted by molar-refractivity contribution is 9.13. The van der Waals surface area contributed by atoms with Gasteiger partial charge < -0.3 is 0 Å². The van der Waals surface area contributed by atoms with E-state index in [4.69, 9.17) is 0 Å². The largest absolute Gasteiger partial charge is 0.296 e. The van der Waals surface area contributed by atoms with E-state index >= 15 is 0 Å². The van der Waals surface area contributed by atoms with Gasteiger partial charge in [0, 0.05) is 5.71 Å². The second-order valence-electron chi connectivity index (χ2n) is 1.85. The standard InChI is InChI=1S/C6H8BrNOS/c1-4(2)8-5(3-9)6(7)10/h3,10H,1-2H3/b6-5-. The molecule has 56 valence electrons. The predicted molar refractivity (Wildman–Crippen MR) is 49.8 cm³/mol. The van der Waals surface area contributed by atoms with Crippen LogP contribution in [0.25, 0.3) is 0 Å². The number of rotatable bonds is 2. The number of aliphatic imine (C=N–C) groups is 1. The highest BCUT2D eigenvalue weighted by Crippen LogP contribution is 2.15. The molecule has 0 aliphatic heterocycles. The van der Waals surface area contributed by atoms with Crippen LogP contribution in [0.1, 0.15) is 13.8 Å². The lowest BCUT2D eigenvalue weighted by atomic mass is 10.4. The highest BCUT2D eigenvalue weighted by Gasteiger charge is 1.95. The molecule has 0 radical (unpaired) electrons. The number of carbonyl (C=O) groups excluding carboxylic acids is 1. The molecule has 0 saturated carbocycles. The van der Waals surface area contributed by atoms with Crippen LogP contribution in [0, 0.1) is 0 Å². The maximum Gasteiger partial charge on any atom is 0.170 e. The van der Waals surface area contributed by atoms with Crippen LogP contribution in [0.4, 0.5) is 0 Å². The summed E-state index contributed by atoms with van der Waals surface area (Å²) in [6.07, 6.45) is 0.657. The Hall–Kier alpha value is -0.0900. The molecule has 0 rings (SSSR count). The van der Waals surface area contributed by atoms with Crippen LogP contribution in [0.5, 0.6) is 0 Å². The van der Waals surface area contributed by atoms with Crippen LogP contribution in [-0.4, -0.2) is 12.0 Å². The van der Waals surface area contributed by atoms with Crippen LogP contribution < -0.4 is 0 Å². The second-order valence-corrected chi connectivity index (χ2v) is 3.71. The number of allylic oxidation sites excluding steroid dienone is 1. The number of hydrogen-bond acceptors (Lipinski definition) is 3. The minimum atomic E-state index is 0.323. The predicted octanol–water partition coefficient (Wildman–Crippen LogP) is 2.16. The lowest BCUT2D eigenvalue weighted by molar-refractivity contribution is -0.104. The molecule has 0 unspecified atom stereocenters. The van der Waals surface area contributed by atoms with E-state index in [2.05, 4.69) is 33.6 Å². The molecule has 0 saturated heterocycles. The van der Waals surface area contributed by atoms with Gasteiger partial charge in [0.05, 0.1) is 3.81 Å². The topological polar surface area (TPSA) is 29.4 Å². The molecule has 0 aliphatic carbocycles. The number of nitrogens with zero attached hydrogens (tertiary/aromatic N) is 1. The summed E-state index contributed by atoms with van der Waals surface area (Å²) >= 11 is 6.94.